The molecular weight excluding hydrogens is 636 g/mol. The number of nitrogens with two attached hydrogens (primary N) is 3. The summed E-state index contributed by atoms with van der Waals surface area (Å²) in [6.45, 7) is 2.24. The molecule has 0 unspecified atom stereocenters. The Morgan fingerprint density at radius 2 is 1.24 bits per heavy atom. The molecule has 2 aromatic rings. The highest BCUT2D eigenvalue weighted by atomic mass is 16.2. The number of aryl methyl sites for hydroxylation is 1. The van der Waals surface area contributed by atoms with Gasteiger partial charge in [-0.05, 0) is 31.2 Å². The highest BCUT2D eigenvalue weighted by Gasteiger charge is 2.29. The third kappa shape index (κ3) is 18.4. The lowest BCUT2D eigenvalue weighted by atomic mass is 10.0. The van der Waals surface area contributed by atoms with Crippen LogP contribution >= 0.6 is 0 Å². The van der Waals surface area contributed by atoms with E-state index in [1.54, 1.807) is 30.5 Å². The predicted octanol–water partition coefficient (Wildman–Crippen LogP) is 3.85. The summed E-state index contributed by atoms with van der Waals surface area (Å²) in [5.41, 5.74) is 18.1. The number of aromatic amines is 1. The molecule has 50 heavy (non-hydrogen) atoms. The molecule has 0 spiro atoms. The van der Waals surface area contributed by atoms with Crippen molar-refractivity contribution in [3.63, 3.8) is 0 Å². The summed E-state index contributed by atoms with van der Waals surface area (Å²) in [5.74, 6) is -2.76. The van der Waals surface area contributed by atoms with Crippen molar-refractivity contribution in [2.75, 3.05) is 5.73 Å². The van der Waals surface area contributed by atoms with Gasteiger partial charge in [0, 0.05) is 25.0 Å². The third-order valence-corrected chi connectivity index (χ3v) is 8.76. The Morgan fingerprint density at radius 1 is 0.700 bits per heavy atom. The minimum absolute atomic E-state index is 0.111. The van der Waals surface area contributed by atoms with Crippen molar-refractivity contribution < 1.29 is 24.0 Å². The van der Waals surface area contributed by atoms with E-state index in [1.165, 1.54) is 57.8 Å². The number of rotatable bonds is 28. The van der Waals surface area contributed by atoms with E-state index >= 15 is 0 Å². The van der Waals surface area contributed by atoms with Crippen molar-refractivity contribution in [3.05, 3.63) is 47.8 Å². The van der Waals surface area contributed by atoms with Crippen LogP contribution in [-0.4, -0.2) is 57.6 Å². The number of nitrogens with one attached hydrogen (secondary N) is 4. The maximum Gasteiger partial charge on any atom is 0.243 e. The highest BCUT2D eigenvalue weighted by Crippen LogP contribution is 2.14. The first-order chi connectivity index (χ1) is 24.1. The second-order valence-corrected chi connectivity index (χ2v) is 13.2. The molecule has 0 saturated carbocycles. The average Bonchev–Trinajstić information content (AvgIpc) is 3.51. The fourth-order valence-corrected chi connectivity index (χ4v) is 5.81. The van der Waals surface area contributed by atoms with Crippen LogP contribution in [0.25, 0.3) is 0 Å². The van der Waals surface area contributed by atoms with E-state index in [0.717, 1.165) is 24.8 Å². The Labute approximate surface area is 297 Å². The zero-order chi connectivity index (χ0) is 36.6. The van der Waals surface area contributed by atoms with E-state index in [4.69, 9.17) is 17.2 Å². The van der Waals surface area contributed by atoms with Crippen molar-refractivity contribution >= 4 is 35.5 Å². The number of benzene rings is 1. The maximum atomic E-state index is 13.6. The number of aromatic nitrogens is 2. The van der Waals surface area contributed by atoms with Crippen LogP contribution in [0.3, 0.4) is 0 Å². The number of nitrogens with zero attached hydrogens (tertiary/aromatic N) is 1. The summed E-state index contributed by atoms with van der Waals surface area (Å²) < 4.78 is 0. The van der Waals surface area contributed by atoms with Gasteiger partial charge >= 0.3 is 0 Å². The molecular formula is C37H60N8O5. The van der Waals surface area contributed by atoms with Gasteiger partial charge in [-0.3, -0.25) is 24.0 Å². The summed E-state index contributed by atoms with van der Waals surface area (Å²) in [6.07, 6.45) is 17.7. The number of nitrogen functional groups attached to an aromatic ring is 1. The number of anilines is 1. The quantitative estimate of drug-likeness (QED) is 0.0649. The lowest BCUT2D eigenvalue weighted by Gasteiger charge is -2.25. The number of hydrogen-bond acceptors (Lipinski definition) is 7. The van der Waals surface area contributed by atoms with Crippen molar-refractivity contribution in [1.82, 2.24) is 25.9 Å². The molecule has 0 radical (unpaired) electrons. The van der Waals surface area contributed by atoms with E-state index in [0.29, 0.717) is 18.5 Å². The molecule has 13 nitrogen and oxygen atoms in total. The predicted molar refractivity (Wildman–Crippen MR) is 195 cm³/mol. The Hall–Kier alpha value is -4.42. The topological polar surface area (TPSA) is 228 Å². The van der Waals surface area contributed by atoms with Gasteiger partial charge in [0.25, 0.3) is 0 Å². The standard InChI is InChI=1S/C37H60N8O5/c1-2-3-4-5-6-7-8-9-10-11-12-13-17-20-33(47)43-29(22-21-28-26-41-37(40)42-28)35(49)44-30(23-24-32(38)46)36(50)45-31(34(39)48)25-27-18-15-14-16-19-27/h14-16,18-19,26,29-31H,2-13,17,20-25H2,1H3,(H2,38,46)(H2,39,48)(H,43,47)(H,44,49)(H,45,50)(H3,40,41,42)/t29-,30-,31-/m0/s1. The molecule has 0 fully saturated rings. The molecule has 0 aliphatic carbocycles. The van der Waals surface area contributed by atoms with Gasteiger partial charge in [0.1, 0.15) is 18.1 Å². The van der Waals surface area contributed by atoms with Crippen LogP contribution in [0.2, 0.25) is 0 Å². The van der Waals surface area contributed by atoms with Gasteiger partial charge in [-0.25, -0.2) is 4.98 Å². The molecule has 5 amide bonds. The minimum atomic E-state index is -1.21. The SMILES string of the molecule is CCCCCCCCCCCCCCCC(=O)N[C@@H](CCc1cnc(N)[nH]1)C(=O)N[C@@H](CCC(N)=O)C(=O)N[C@@H](Cc1ccccc1)C(N)=O. The molecule has 0 aliphatic rings. The van der Waals surface area contributed by atoms with Crippen LogP contribution in [0, 0.1) is 0 Å². The first kappa shape index (κ1) is 41.7. The molecule has 1 heterocycles. The van der Waals surface area contributed by atoms with Gasteiger partial charge in [-0.15, -0.1) is 0 Å². The molecule has 0 saturated heterocycles. The largest absolute Gasteiger partial charge is 0.370 e. The van der Waals surface area contributed by atoms with Crippen molar-refractivity contribution in [3.8, 4) is 0 Å². The van der Waals surface area contributed by atoms with Gasteiger partial charge < -0.3 is 38.1 Å². The van der Waals surface area contributed by atoms with Crippen LogP contribution in [0.1, 0.15) is 127 Å². The summed E-state index contributed by atoms with van der Waals surface area (Å²) in [5, 5.41) is 8.10. The molecule has 278 valence electrons. The maximum absolute atomic E-state index is 13.6. The zero-order valence-corrected chi connectivity index (χ0v) is 29.9. The van der Waals surface area contributed by atoms with Gasteiger partial charge in [0.05, 0.1) is 6.20 Å². The first-order valence-electron chi connectivity index (χ1n) is 18.4. The second kappa shape index (κ2) is 24.7. The average molecular weight is 697 g/mol. The molecule has 0 aliphatic heterocycles. The van der Waals surface area contributed by atoms with Crippen molar-refractivity contribution in [1.29, 1.82) is 0 Å². The smallest absolute Gasteiger partial charge is 0.243 e. The van der Waals surface area contributed by atoms with Crippen LogP contribution in [-0.2, 0) is 36.8 Å². The number of unbranched alkanes of at least 4 members (excludes halogenated alkanes) is 12. The molecule has 2 rings (SSSR count). The normalized spacial score (nSPS) is 12.8. The number of imidazole rings is 1. The van der Waals surface area contributed by atoms with Crippen LogP contribution in [0.4, 0.5) is 5.95 Å². The number of carbonyl (C=O) groups is 5. The molecule has 13 heteroatoms. The first-order valence-corrected chi connectivity index (χ1v) is 18.4. The Kier molecular flexibility index (Phi) is 20.6. The van der Waals surface area contributed by atoms with Gasteiger partial charge in [0.2, 0.25) is 29.5 Å². The fourth-order valence-electron chi connectivity index (χ4n) is 5.81. The lowest BCUT2D eigenvalue weighted by Crippen LogP contribution is -2.57. The highest BCUT2D eigenvalue weighted by molar-refractivity contribution is 5.94. The minimum Gasteiger partial charge on any atom is -0.370 e. The number of primary amides is 2. The van der Waals surface area contributed by atoms with Crippen LogP contribution in [0.15, 0.2) is 36.5 Å². The van der Waals surface area contributed by atoms with Gasteiger partial charge in [-0.1, -0.05) is 114 Å². The van der Waals surface area contributed by atoms with E-state index < -0.39 is 41.8 Å². The Morgan fingerprint density at radius 3 is 1.76 bits per heavy atom. The summed E-state index contributed by atoms with van der Waals surface area (Å²) in [6, 6.07) is 5.77. The Bertz CT molecular complexity index is 1300. The Balaban J connectivity index is 1.94. The molecule has 10 N–H and O–H groups in total. The van der Waals surface area contributed by atoms with Crippen LogP contribution < -0.4 is 33.2 Å². The zero-order valence-electron chi connectivity index (χ0n) is 29.9. The van der Waals surface area contributed by atoms with E-state index in [2.05, 4.69) is 32.8 Å². The van der Waals surface area contributed by atoms with Crippen molar-refractivity contribution in [2.24, 2.45) is 11.5 Å². The number of H-pyrrole nitrogens is 1. The van der Waals surface area contributed by atoms with Crippen molar-refractivity contribution in [2.45, 2.75) is 147 Å². The molecule has 1 aromatic heterocycles. The summed E-state index contributed by atoms with van der Waals surface area (Å²) >= 11 is 0. The second-order valence-electron chi connectivity index (χ2n) is 13.2. The molecule has 3 atom stereocenters. The van der Waals surface area contributed by atoms with E-state index in [-0.39, 0.29) is 44.0 Å². The fraction of sp³-hybridized carbons (Fsp3) is 0.622. The van der Waals surface area contributed by atoms with Gasteiger partial charge in [-0.2, -0.15) is 0 Å². The molecule has 0 bridgehead atoms. The van der Waals surface area contributed by atoms with E-state index in [1.807, 2.05) is 6.07 Å². The lowest BCUT2D eigenvalue weighted by molar-refractivity contribution is -0.133. The van der Waals surface area contributed by atoms with E-state index in [9.17, 15) is 24.0 Å². The monoisotopic (exact) mass is 696 g/mol. The van der Waals surface area contributed by atoms with Gasteiger partial charge in [0.15, 0.2) is 5.95 Å². The number of amides is 5. The third-order valence-electron chi connectivity index (χ3n) is 8.76. The summed E-state index contributed by atoms with van der Waals surface area (Å²) in [7, 11) is 0. The summed E-state index contributed by atoms with van der Waals surface area (Å²) in [4.78, 5) is 70.7. The number of carbonyl (C=O) groups excluding carboxylic acids is 5. The van der Waals surface area contributed by atoms with Crippen LogP contribution in [0.5, 0.6) is 0 Å². The number of hydrogen-bond donors (Lipinski definition) is 7. The molecule has 1 aromatic carbocycles.